The van der Waals surface area contributed by atoms with Crippen molar-refractivity contribution in [2.75, 3.05) is 6.54 Å². The second-order valence-corrected chi connectivity index (χ2v) is 8.24. The van der Waals surface area contributed by atoms with Crippen molar-refractivity contribution in [3.8, 4) is 11.4 Å². The predicted octanol–water partition coefficient (Wildman–Crippen LogP) is 4.63. The number of fused-ring (bicyclic) bond motifs is 1. The Bertz CT molecular complexity index is 804. The highest BCUT2D eigenvalue weighted by atomic mass is 19.1. The average Bonchev–Trinajstić information content (AvgIpc) is 3.18. The van der Waals surface area contributed by atoms with Gasteiger partial charge in [0.15, 0.2) is 0 Å². The zero-order valence-electron chi connectivity index (χ0n) is 16.4. The molecule has 1 aliphatic carbocycles. The molecule has 2 aliphatic rings. The van der Waals surface area contributed by atoms with Gasteiger partial charge in [0.1, 0.15) is 5.82 Å². The summed E-state index contributed by atoms with van der Waals surface area (Å²) < 4.78 is 18.3. The molecule has 1 amide bonds. The number of amides is 1. The fraction of sp³-hybridized carbons (Fsp3) is 0.591. The molecule has 1 saturated heterocycles. The molecular weight excluding hydrogens is 357 g/mol. The number of nitrogens with zero attached hydrogens (tertiary/aromatic N) is 3. The van der Waals surface area contributed by atoms with E-state index in [1.54, 1.807) is 12.1 Å². The summed E-state index contributed by atoms with van der Waals surface area (Å²) >= 11 is 0. The Balaban J connectivity index is 1.30. The van der Waals surface area contributed by atoms with E-state index in [4.69, 9.17) is 4.52 Å². The van der Waals surface area contributed by atoms with Crippen molar-refractivity contribution < 1.29 is 13.7 Å². The molecule has 4 rings (SSSR count). The maximum atomic E-state index is 13.0. The van der Waals surface area contributed by atoms with Crippen LogP contribution in [0.25, 0.3) is 11.4 Å². The molecule has 1 aromatic heterocycles. The van der Waals surface area contributed by atoms with Crippen LogP contribution in [0.3, 0.4) is 0 Å². The summed E-state index contributed by atoms with van der Waals surface area (Å²) in [5.74, 6) is 2.37. The molecule has 1 aliphatic heterocycles. The maximum absolute atomic E-state index is 13.0. The number of benzene rings is 1. The summed E-state index contributed by atoms with van der Waals surface area (Å²) in [7, 11) is 0. The average molecular weight is 385 g/mol. The lowest BCUT2D eigenvalue weighted by Gasteiger charge is -2.47. The first-order valence-corrected chi connectivity index (χ1v) is 10.5. The highest BCUT2D eigenvalue weighted by molar-refractivity contribution is 5.76. The molecule has 2 aromatic rings. The number of aromatic nitrogens is 2. The molecule has 2 fully saturated rings. The van der Waals surface area contributed by atoms with Crippen LogP contribution in [0.2, 0.25) is 0 Å². The monoisotopic (exact) mass is 385 g/mol. The van der Waals surface area contributed by atoms with Crippen molar-refractivity contribution in [1.82, 2.24) is 15.0 Å². The molecule has 2 heterocycles. The van der Waals surface area contributed by atoms with Crippen LogP contribution in [0.15, 0.2) is 28.8 Å². The van der Waals surface area contributed by atoms with Crippen molar-refractivity contribution in [2.45, 2.75) is 64.3 Å². The highest BCUT2D eigenvalue weighted by Crippen LogP contribution is 2.39. The molecule has 1 aromatic carbocycles. The minimum absolute atomic E-state index is 0.266. The SMILES string of the molecule is CC1CCN(C(=O)CCCc2nc(-c3ccc(F)cc3)no2)C2CCCCC12. The fourth-order valence-corrected chi connectivity index (χ4v) is 4.83. The number of likely N-dealkylation sites (tertiary alicyclic amines) is 1. The maximum Gasteiger partial charge on any atom is 0.226 e. The number of carbonyl (C=O) groups is 1. The van der Waals surface area contributed by atoms with E-state index in [1.807, 2.05) is 0 Å². The van der Waals surface area contributed by atoms with Gasteiger partial charge in [-0.3, -0.25) is 4.79 Å². The summed E-state index contributed by atoms with van der Waals surface area (Å²) in [6.07, 6.45) is 7.90. The quantitative estimate of drug-likeness (QED) is 0.753. The van der Waals surface area contributed by atoms with Gasteiger partial charge < -0.3 is 9.42 Å². The summed E-state index contributed by atoms with van der Waals surface area (Å²) in [5, 5.41) is 3.96. The first kappa shape index (κ1) is 19.1. The highest BCUT2D eigenvalue weighted by Gasteiger charge is 2.38. The van der Waals surface area contributed by atoms with Crippen molar-refractivity contribution in [3.63, 3.8) is 0 Å². The van der Waals surface area contributed by atoms with Crippen molar-refractivity contribution in [2.24, 2.45) is 11.8 Å². The normalized spacial score (nSPS) is 24.8. The van der Waals surface area contributed by atoms with Crippen LogP contribution in [-0.2, 0) is 11.2 Å². The molecule has 3 unspecified atom stereocenters. The van der Waals surface area contributed by atoms with Crippen LogP contribution >= 0.6 is 0 Å². The van der Waals surface area contributed by atoms with Gasteiger partial charge in [-0.1, -0.05) is 24.9 Å². The van der Waals surface area contributed by atoms with Gasteiger partial charge in [-0.15, -0.1) is 0 Å². The minimum Gasteiger partial charge on any atom is -0.339 e. The Hall–Kier alpha value is -2.24. The topological polar surface area (TPSA) is 59.2 Å². The van der Waals surface area contributed by atoms with Gasteiger partial charge in [-0.2, -0.15) is 4.98 Å². The number of aryl methyl sites for hydroxylation is 1. The largest absolute Gasteiger partial charge is 0.339 e. The molecule has 0 N–H and O–H groups in total. The standard InChI is InChI=1S/C22H28FN3O2/c1-15-13-14-26(19-6-3-2-5-18(15)19)21(27)8-4-7-20-24-22(25-28-20)16-9-11-17(23)12-10-16/h9-12,15,18-19H,2-8,13-14H2,1H3. The molecule has 1 saturated carbocycles. The third-order valence-corrected chi connectivity index (χ3v) is 6.41. The van der Waals surface area contributed by atoms with E-state index in [0.717, 1.165) is 30.9 Å². The van der Waals surface area contributed by atoms with Crippen molar-refractivity contribution >= 4 is 5.91 Å². The first-order valence-electron chi connectivity index (χ1n) is 10.5. The first-order chi connectivity index (χ1) is 13.6. The Morgan fingerprint density at radius 2 is 2.00 bits per heavy atom. The summed E-state index contributed by atoms with van der Waals surface area (Å²) in [4.78, 5) is 19.4. The van der Waals surface area contributed by atoms with E-state index in [2.05, 4.69) is 22.0 Å². The molecule has 0 spiro atoms. The van der Waals surface area contributed by atoms with Crippen LogP contribution in [0, 0.1) is 17.7 Å². The zero-order chi connectivity index (χ0) is 19.5. The van der Waals surface area contributed by atoms with E-state index in [0.29, 0.717) is 42.9 Å². The summed E-state index contributed by atoms with van der Waals surface area (Å²) in [6, 6.07) is 6.46. The Labute approximate surface area is 165 Å². The van der Waals surface area contributed by atoms with E-state index >= 15 is 0 Å². The second-order valence-electron chi connectivity index (χ2n) is 8.24. The Morgan fingerprint density at radius 3 is 2.82 bits per heavy atom. The number of piperidine rings is 1. The van der Waals surface area contributed by atoms with E-state index in [9.17, 15) is 9.18 Å². The van der Waals surface area contributed by atoms with Crippen molar-refractivity contribution in [3.05, 3.63) is 36.0 Å². The van der Waals surface area contributed by atoms with Crippen LogP contribution in [0.5, 0.6) is 0 Å². The number of rotatable bonds is 5. The third kappa shape index (κ3) is 4.10. The lowest BCUT2D eigenvalue weighted by molar-refractivity contribution is -0.139. The zero-order valence-corrected chi connectivity index (χ0v) is 16.4. The van der Waals surface area contributed by atoms with Crippen LogP contribution in [0.4, 0.5) is 4.39 Å². The van der Waals surface area contributed by atoms with Crippen LogP contribution in [0.1, 0.15) is 57.8 Å². The molecule has 28 heavy (non-hydrogen) atoms. The Morgan fingerprint density at radius 1 is 1.21 bits per heavy atom. The van der Waals surface area contributed by atoms with Gasteiger partial charge in [-0.05, 0) is 61.8 Å². The van der Waals surface area contributed by atoms with Gasteiger partial charge in [-0.25, -0.2) is 4.39 Å². The molecule has 3 atom stereocenters. The number of hydrogen-bond donors (Lipinski definition) is 0. The van der Waals surface area contributed by atoms with Gasteiger partial charge in [0.05, 0.1) is 0 Å². The molecule has 150 valence electrons. The molecule has 0 radical (unpaired) electrons. The van der Waals surface area contributed by atoms with Crippen LogP contribution in [-0.4, -0.2) is 33.5 Å². The van der Waals surface area contributed by atoms with E-state index < -0.39 is 0 Å². The van der Waals surface area contributed by atoms with Gasteiger partial charge in [0, 0.05) is 31.0 Å². The molecule has 6 heteroatoms. The lowest BCUT2D eigenvalue weighted by atomic mass is 9.72. The smallest absolute Gasteiger partial charge is 0.226 e. The lowest BCUT2D eigenvalue weighted by Crippen LogP contribution is -2.52. The van der Waals surface area contributed by atoms with Gasteiger partial charge in [0.2, 0.25) is 17.6 Å². The summed E-state index contributed by atoms with van der Waals surface area (Å²) in [5.41, 5.74) is 0.721. The molecule has 0 bridgehead atoms. The van der Waals surface area contributed by atoms with Gasteiger partial charge >= 0.3 is 0 Å². The second kappa shape index (κ2) is 8.41. The predicted molar refractivity (Wildman–Crippen MR) is 104 cm³/mol. The molecule has 5 nitrogen and oxygen atoms in total. The Kier molecular flexibility index (Phi) is 5.74. The third-order valence-electron chi connectivity index (χ3n) is 6.41. The summed E-state index contributed by atoms with van der Waals surface area (Å²) in [6.45, 7) is 3.25. The van der Waals surface area contributed by atoms with Crippen molar-refractivity contribution in [1.29, 1.82) is 0 Å². The fourth-order valence-electron chi connectivity index (χ4n) is 4.83. The number of halogens is 1. The van der Waals surface area contributed by atoms with E-state index in [-0.39, 0.29) is 11.7 Å². The molecular formula is C22H28FN3O2. The number of hydrogen-bond acceptors (Lipinski definition) is 4. The number of carbonyl (C=O) groups excluding carboxylic acids is 1. The minimum atomic E-state index is -0.293. The van der Waals surface area contributed by atoms with Gasteiger partial charge in [0.25, 0.3) is 0 Å². The van der Waals surface area contributed by atoms with E-state index in [1.165, 1.54) is 31.4 Å². The van der Waals surface area contributed by atoms with Crippen LogP contribution < -0.4 is 0 Å².